The van der Waals surface area contributed by atoms with Gasteiger partial charge in [-0.05, 0) is 47.5 Å². The molecule has 2 aromatic heterocycles. The van der Waals surface area contributed by atoms with Crippen LogP contribution in [-0.4, -0.2) is 17.5 Å². The molecule has 2 N–H and O–H groups in total. The van der Waals surface area contributed by atoms with Crippen LogP contribution < -0.4 is 15.4 Å². The monoisotopic (exact) mass is 384 g/mol. The van der Waals surface area contributed by atoms with Crippen LogP contribution in [0.4, 0.5) is 4.39 Å². The Kier molecular flexibility index (Phi) is 6.76. The topological polar surface area (TPSA) is 58.5 Å². The fraction of sp³-hybridized carbons (Fsp3) is 0.200. The van der Waals surface area contributed by atoms with Crippen LogP contribution in [0.15, 0.2) is 64.4 Å². The number of hydrogen-bond donors (Lipinski definition) is 2. The molecule has 0 amide bonds. The molecular formula is C20H21FN4OS. The number of benzene rings is 1. The lowest BCUT2D eigenvalue weighted by atomic mass is 10.2. The molecule has 0 aliphatic heterocycles. The van der Waals surface area contributed by atoms with Gasteiger partial charge in [0.25, 0.3) is 0 Å². The molecule has 0 spiro atoms. The first-order valence-electron chi connectivity index (χ1n) is 8.65. The number of ether oxygens (including phenoxy) is 1. The van der Waals surface area contributed by atoms with Gasteiger partial charge in [-0.25, -0.2) is 14.4 Å². The first-order chi connectivity index (χ1) is 13.2. The zero-order valence-corrected chi connectivity index (χ0v) is 15.8. The number of aliphatic imine (C=N–C) groups is 1. The summed E-state index contributed by atoms with van der Waals surface area (Å²) in [6, 6.07) is 11.8. The van der Waals surface area contributed by atoms with Gasteiger partial charge in [0.1, 0.15) is 11.6 Å². The molecule has 3 rings (SSSR count). The van der Waals surface area contributed by atoms with E-state index in [4.69, 9.17) is 4.74 Å². The summed E-state index contributed by atoms with van der Waals surface area (Å²) < 4.78 is 19.1. The van der Waals surface area contributed by atoms with Crippen molar-refractivity contribution in [2.75, 3.05) is 6.54 Å². The number of hydrogen-bond acceptors (Lipinski definition) is 4. The van der Waals surface area contributed by atoms with Gasteiger partial charge in [-0.2, -0.15) is 11.3 Å². The van der Waals surface area contributed by atoms with E-state index in [1.165, 1.54) is 17.7 Å². The summed E-state index contributed by atoms with van der Waals surface area (Å²) in [5.74, 6) is 1.21. The third-order valence-electron chi connectivity index (χ3n) is 3.65. The lowest BCUT2D eigenvalue weighted by Crippen LogP contribution is -2.36. The quantitative estimate of drug-likeness (QED) is 0.470. The highest BCUT2D eigenvalue weighted by Gasteiger charge is 2.08. The van der Waals surface area contributed by atoms with Crippen molar-refractivity contribution in [3.8, 4) is 11.6 Å². The van der Waals surface area contributed by atoms with Gasteiger partial charge >= 0.3 is 0 Å². The zero-order chi connectivity index (χ0) is 18.9. The van der Waals surface area contributed by atoms with Crippen LogP contribution in [0.1, 0.15) is 18.1 Å². The number of rotatable bonds is 7. The van der Waals surface area contributed by atoms with Gasteiger partial charge in [-0.1, -0.05) is 12.1 Å². The van der Waals surface area contributed by atoms with Gasteiger partial charge < -0.3 is 15.4 Å². The maximum absolute atomic E-state index is 13.4. The Morgan fingerprint density at radius 2 is 2.15 bits per heavy atom. The molecule has 1 aromatic carbocycles. The molecule has 7 heteroatoms. The molecule has 0 aliphatic carbocycles. The smallest absolute Gasteiger partial charge is 0.224 e. The first-order valence-corrected chi connectivity index (χ1v) is 9.59. The average molecular weight is 384 g/mol. The van der Waals surface area contributed by atoms with Crippen molar-refractivity contribution in [3.63, 3.8) is 0 Å². The normalized spacial score (nSPS) is 11.3. The SMILES string of the molecule is CCNC(=NCc1ccsc1)NCc1cccnc1Oc1cccc(F)c1. The molecule has 0 bridgehead atoms. The van der Waals surface area contributed by atoms with E-state index in [0.29, 0.717) is 30.7 Å². The van der Waals surface area contributed by atoms with Gasteiger partial charge in [0.2, 0.25) is 5.88 Å². The van der Waals surface area contributed by atoms with E-state index in [1.54, 1.807) is 29.7 Å². The predicted molar refractivity (Wildman–Crippen MR) is 107 cm³/mol. The van der Waals surface area contributed by atoms with E-state index in [-0.39, 0.29) is 5.82 Å². The average Bonchev–Trinajstić information content (AvgIpc) is 3.19. The van der Waals surface area contributed by atoms with Crippen LogP contribution >= 0.6 is 11.3 Å². The molecular weight excluding hydrogens is 363 g/mol. The fourth-order valence-electron chi connectivity index (χ4n) is 2.37. The summed E-state index contributed by atoms with van der Waals surface area (Å²) >= 11 is 1.66. The summed E-state index contributed by atoms with van der Waals surface area (Å²) in [6.45, 7) is 3.87. The summed E-state index contributed by atoms with van der Waals surface area (Å²) in [6.07, 6.45) is 1.65. The molecule has 0 radical (unpaired) electrons. The van der Waals surface area contributed by atoms with E-state index >= 15 is 0 Å². The van der Waals surface area contributed by atoms with Crippen LogP contribution in [0.3, 0.4) is 0 Å². The highest BCUT2D eigenvalue weighted by molar-refractivity contribution is 7.07. The first kappa shape index (κ1) is 18.8. The van der Waals surface area contributed by atoms with Crippen molar-refractivity contribution in [3.05, 3.63) is 76.4 Å². The van der Waals surface area contributed by atoms with Gasteiger partial charge in [-0.15, -0.1) is 0 Å². The molecule has 2 heterocycles. The van der Waals surface area contributed by atoms with Crippen molar-refractivity contribution in [2.24, 2.45) is 4.99 Å². The Hall–Kier alpha value is -2.93. The van der Waals surface area contributed by atoms with E-state index in [0.717, 1.165) is 12.1 Å². The van der Waals surface area contributed by atoms with Crippen LogP contribution in [0, 0.1) is 5.82 Å². The molecule has 27 heavy (non-hydrogen) atoms. The van der Waals surface area contributed by atoms with Crippen LogP contribution in [0.25, 0.3) is 0 Å². The summed E-state index contributed by atoms with van der Waals surface area (Å²) in [5.41, 5.74) is 2.02. The number of pyridine rings is 1. The van der Waals surface area contributed by atoms with E-state index < -0.39 is 0 Å². The van der Waals surface area contributed by atoms with Crippen molar-refractivity contribution >= 4 is 17.3 Å². The van der Waals surface area contributed by atoms with Crippen molar-refractivity contribution in [1.82, 2.24) is 15.6 Å². The number of guanidine groups is 1. The third-order valence-corrected chi connectivity index (χ3v) is 4.38. The molecule has 0 atom stereocenters. The van der Waals surface area contributed by atoms with Gasteiger partial charge in [-0.3, -0.25) is 0 Å². The van der Waals surface area contributed by atoms with Crippen LogP contribution in [0.5, 0.6) is 11.6 Å². The maximum Gasteiger partial charge on any atom is 0.224 e. The fourth-order valence-corrected chi connectivity index (χ4v) is 3.03. The molecule has 0 saturated heterocycles. The predicted octanol–water partition coefficient (Wildman–Crippen LogP) is 4.33. The lowest BCUT2D eigenvalue weighted by Gasteiger charge is -2.13. The second-order valence-corrected chi connectivity index (χ2v) is 6.49. The highest BCUT2D eigenvalue weighted by atomic mass is 32.1. The van der Waals surface area contributed by atoms with Crippen molar-refractivity contribution in [1.29, 1.82) is 0 Å². The van der Waals surface area contributed by atoms with Gasteiger partial charge in [0, 0.05) is 30.9 Å². The molecule has 3 aromatic rings. The Morgan fingerprint density at radius 3 is 2.93 bits per heavy atom. The Balaban J connectivity index is 1.68. The number of thiophene rings is 1. The number of aromatic nitrogens is 1. The minimum absolute atomic E-state index is 0.349. The highest BCUT2D eigenvalue weighted by Crippen LogP contribution is 2.23. The second kappa shape index (κ2) is 9.68. The van der Waals surface area contributed by atoms with E-state index in [2.05, 4.69) is 32.1 Å². The Labute approximate surface area is 162 Å². The molecule has 5 nitrogen and oxygen atoms in total. The molecule has 140 valence electrons. The number of nitrogens with one attached hydrogen (secondary N) is 2. The molecule has 0 saturated carbocycles. The zero-order valence-electron chi connectivity index (χ0n) is 15.0. The standard InChI is InChI=1S/C20H21FN4OS/c1-2-22-20(24-12-15-8-10-27-14-15)25-13-16-5-4-9-23-19(16)26-18-7-3-6-17(21)11-18/h3-11,14H,2,12-13H2,1H3,(H2,22,24,25). The maximum atomic E-state index is 13.4. The Bertz CT molecular complexity index is 883. The van der Waals surface area contributed by atoms with E-state index in [9.17, 15) is 4.39 Å². The summed E-state index contributed by atoms with van der Waals surface area (Å²) in [5, 5.41) is 10.6. The number of halogens is 1. The minimum Gasteiger partial charge on any atom is -0.439 e. The van der Waals surface area contributed by atoms with Crippen molar-refractivity contribution < 1.29 is 9.13 Å². The molecule has 0 unspecified atom stereocenters. The van der Waals surface area contributed by atoms with Gasteiger partial charge in [0.15, 0.2) is 5.96 Å². The second-order valence-electron chi connectivity index (χ2n) is 5.71. The molecule has 0 fully saturated rings. The van der Waals surface area contributed by atoms with Crippen molar-refractivity contribution in [2.45, 2.75) is 20.0 Å². The van der Waals surface area contributed by atoms with E-state index in [1.807, 2.05) is 24.4 Å². The van der Waals surface area contributed by atoms with Crippen LogP contribution in [0.2, 0.25) is 0 Å². The lowest BCUT2D eigenvalue weighted by molar-refractivity contribution is 0.450. The van der Waals surface area contributed by atoms with Crippen LogP contribution in [-0.2, 0) is 13.1 Å². The summed E-state index contributed by atoms with van der Waals surface area (Å²) in [4.78, 5) is 8.86. The third kappa shape index (κ3) is 5.79. The largest absolute Gasteiger partial charge is 0.439 e. The number of nitrogens with zero attached hydrogens (tertiary/aromatic N) is 2. The molecule has 0 aliphatic rings. The minimum atomic E-state index is -0.349. The van der Waals surface area contributed by atoms with Gasteiger partial charge in [0.05, 0.1) is 6.54 Å². The Morgan fingerprint density at radius 1 is 1.22 bits per heavy atom. The summed E-state index contributed by atoms with van der Waals surface area (Å²) in [7, 11) is 0.